The normalized spacial score (nSPS) is 21.9. The van der Waals surface area contributed by atoms with Gasteiger partial charge in [-0.2, -0.15) is 0 Å². The van der Waals surface area contributed by atoms with Crippen molar-refractivity contribution in [3.05, 3.63) is 17.8 Å². The third kappa shape index (κ3) is 1.70. The lowest BCUT2D eigenvalue weighted by Gasteiger charge is -2.38. The molecule has 1 aromatic rings. The number of hydrogen-bond donors (Lipinski definition) is 0. The van der Waals surface area contributed by atoms with Crippen LogP contribution < -0.4 is 4.90 Å². The number of halogens is 1. The molecule has 2 heterocycles. The van der Waals surface area contributed by atoms with Crippen LogP contribution in [-0.4, -0.2) is 23.1 Å². The molecule has 1 aliphatic carbocycles. The van der Waals surface area contributed by atoms with E-state index < -0.39 is 0 Å². The summed E-state index contributed by atoms with van der Waals surface area (Å²) in [6.07, 6.45) is 7.25. The molecule has 3 rings (SSSR count). The zero-order chi connectivity index (χ0) is 11.9. The van der Waals surface area contributed by atoms with Gasteiger partial charge in [0, 0.05) is 13.1 Å². The van der Waals surface area contributed by atoms with Gasteiger partial charge in [0.15, 0.2) is 11.6 Å². The Morgan fingerprint density at radius 1 is 1.35 bits per heavy atom. The summed E-state index contributed by atoms with van der Waals surface area (Å²) in [5.74, 6) is 0.298. The fourth-order valence-electron chi connectivity index (χ4n) is 3.06. The van der Waals surface area contributed by atoms with Gasteiger partial charge in [0.05, 0.1) is 5.69 Å². The smallest absolute Gasteiger partial charge is 0.187 e. The average Bonchev–Trinajstić information content (AvgIpc) is 2.74. The van der Waals surface area contributed by atoms with Crippen molar-refractivity contribution >= 4 is 5.82 Å². The summed E-state index contributed by atoms with van der Waals surface area (Å²) < 4.78 is 14.1. The second-order valence-electron chi connectivity index (χ2n) is 5.34. The predicted molar refractivity (Wildman–Crippen MR) is 64.5 cm³/mol. The van der Waals surface area contributed by atoms with Crippen molar-refractivity contribution in [3.63, 3.8) is 0 Å². The number of aryl methyl sites for hydroxylation is 1. The van der Waals surface area contributed by atoms with Gasteiger partial charge in [0.2, 0.25) is 0 Å². The summed E-state index contributed by atoms with van der Waals surface area (Å²) in [7, 11) is 0. The van der Waals surface area contributed by atoms with E-state index in [1.54, 1.807) is 0 Å². The topological polar surface area (TPSA) is 29.0 Å². The molecule has 92 valence electrons. The lowest BCUT2D eigenvalue weighted by atomic mass is 9.68. The van der Waals surface area contributed by atoms with Crippen LogP contribution in [0.15, 0.2) is 6.33 Å². The van der Waals surface area contributed by atoms with Gasteiger partial charge in [-0.05, 0) is 31.1 Å². The highest BCUT2D eigenvalue weighted by atomic mass is 19.1. The third-order valence-corrected chi connectivity index (χ3v) is 4.33. The van der Waals surface area contributed by atoms with E-state index >= 15 is 0 Å². The van der Waals surface area contributed by atoms with E-state index in [1.807, 2.05) is 6.92 Å². The summed E-state index contributed by atoms with van der Waals surface area (Å²) in [6, 6.07) is 0. The molecule has 2 fully saturated rings. The highest BCUT2D eigenvalue weighted by Crippen LogP contribution is 2.48. The second kappa shape index (κ2) is 3.93. The van der Waals surface area contributed by atoms with Crippen LogP contribution in [0.3, 0.4) is 0 Å². The number of hydrogen-bond acceptors (Lipinski definition) is 3. The van der Waals surface area contributed by atoms with Crippen LogP contribution in [0.2, 0.25) is 0 Å². The molecular weight excluding hydrogens is 217 g/mol. The Kier molecular flexibility index (Phi) is 2.53. The van der Waals surface area contributed by atoms with Crippen LogP contribution in [0.1, 0.15) is 38.3 Å². The molecule has 4 heteroatoms. The van der Waals surface area contributed by atoms with Gasteiger partial charge in [0.25, 0.3) is 0 Å². The molecule has 0 unspecified atom stereocenters. The highest BCUT2D eigenvalue weighted by molar-refractivity contribution is 5.43. The first kappa shape index (κ1) is 10.9. The fourth-order valence-corrected chi connectivity index (χ4v) is 3.06. The van der Waals surface area contributed by atoms with E-state index in [4.69, 9.17) is 0 Å². The molecule has 0 N–H and O–H groups in total. The molecule has 0 amide bonds. The van der Waals surface area contributed by atoms with Crippen molar-refractivity contribution in [2.45, 2.75) is 39.0 Å². The number of rotatable bonds is 2. The first-order valence-electron chi connectivity index (χ1n) is 6.48. The maximum Gasteiger partial charge on any atom is 0.187 e. The molecule has 17 heavy (non-hydrogen) atoms. The maximum atomic E-state index is 14.1. The van der Waals surface area contributed by atoms with Gasteiger partial charge in [-0.25, -0.2) is 14.4 Å². The van der Waals surface area contributed by atoms with Crippen molar-refractivity contribution in [1.82, 2.24) is 9.97 Å². The molecule has 0 radical (unpaired) electrons. The highest BCUT2D eigenvalue weighted by Gasteiger charge is 2.43. The summed E-state index contributed by atoms with van der Waals surface area (Å²) in [5, 5.41) is 0. The van der Waals surface area contributed by atoms with Crippen molar-refractivity contribution in [2.75, 3.05) is 18.0 Å². The monoisotopic (exact) mass is 235 g/mol. The van der Waals surface area contributed by atoms with Crippen molar-refractivity contribution in [1.29, 1.82) is 0 Å². The molecule has 1 saturated heterocycles. The van der Waals surface area contributed by atoms with Gasteiger partial charge in [0.1, 0.15) is 6.33 Å². The lowest BCUT2D eigenvalue weighted by molar-refractivity contribution is 0.165. The molecule has 1 saturated carbocycles. The zero-order valence-corrected chi connectivity index (χ0v) is 10.2. The summed E-state index contributed by atoms with van der Waals surface area (Å²) in [4.78, 5) is 10.2. The molecule has 1 aliphatic heterocycles. The summed E-state index contributed by atoms with van der Waals surface area (Å²) >= 11 is 0. The fraction of sp³-hybridized carbons (Fsp3) is 0.692. The Hall–Kier alpha value is -1.19. The standard InChI is InChI=1S/C13H18FN3/c1-2-10-11(14)12(16-9-15-10)17-7-6-13(8-17)4-3-5-13/h9H,2-8H2,1H3. The van der Waals surface area contributed by atoms with Crippen LogP contribution >= 0.6 is 0 Å². The summed E-state index contributed by atoms with van der Waals surface area (Å²) in [6.45, 7) is 3.84. The van der Waals surface area contributed by atoms with E-state index in [0.717, 1.165) is 13.1 Å². The lowest BCUT2D eigenvalue weighted by Crippen LogP contribution is -2.33. The second-order valence-corrected chi connectivity index (χ2v) is 5.34. The number of nitrogens with zero attached hydrogens (tertiary/aromatic N) is 3. The third-order valence-electron chi connectivity index (χ3n) is 4.33. The molecular formula is C13H18FN3. The molecule has 1 aromatic heterocycles. The van der Waals surface area contributed by atoms with Gasteiger partial charge >= 0.3 is 0 Å². The minimum Gasteiger partial charge on any atom is -0.354 e. The van der Waals surface area contributed by atoms with Crippen molar-refractivity contribution in [3.8, 4) is 0 Å². The average molecular weight is 235 g/mol. The van der Waals surface area contributed by atoms with Crippen LogP contribution in [0.4, 0.5) is 10.2 Å². The van der Waals surface area contributed by atoms with Crippen molar-refractivity contribution in [2.24, 2.45) is 5.41 Å². The minimum atomic E-state index is -0.216. The first-order valence-corrected chi connectivity index (χ1v) is 6.48. The Bertz CT molecular complexity index is 429. The SMILES string of the molecule is CCc1ncnc(N2CCC3(CCC3)C2)c1F. The maximum absolute atomic E-state index is 14.1. The van der Waals surface area contributed by atoms with Crippen LogP contribution in [-0.2, 0) is 6.42 Å². The number of anilines is 1. The molecule has 1 spiro atoms. The van der Waals surface area contributed by atoms with Gasteiger partial charge in [-0.15, -0.1) is 0 Å². The van der Waals surface area contributed by atoms with E-state index in [-0.39, 0.29) is 5.82 Å². The van der Waals surface area contributed by atoms with Crippen LogP contribution in [0.5, 0.6) is 0 Å². The first-order chi connectivity index (χ1) is 8.24. The van der Waals surface area contributed by atoms with E-state index in [0.29, 0.717) is 23.3 Å². The van der Waals surface area contributed by atoms with Gasteiger partial charge < -0.3 is 4.90 Å². The Morgan fingerprint density at radius 3 is 2.76 bits per heavy atom. The molecule has 0 bridgehead atoms. The van der Waals surface area contributed by atoms with Crippen LogP contribution in [0, 0.1) is 11.2 Å². The van der Waals surface area contributed by atoms with Crippen LogP contribution in [0.25, 0.3) is 0 Å². The molecule has 0 atom stereocenters. The van der Waals surface area contributed by atoms with Gasteiger partial charge in [-0.3, -0.25) is 0 Å². The Morgan fingerprint density at radius 2 is 2.18 bits per heavy atom. The van der Waals surface area contributed by atoms with Crippen molar-refractivity contribution < 1.29 is 4.39 Å². The number of aromatic nitrogens is 2. The minimum absolute atomic E-state index is 0.216. The van der Waals surface area contributed by atoms with E-state index in [2.05, 4.69) is 14.9 Å². The largest absolute Gasteiger partial charge is 0.354 e. The molecule has 2 aliphatic rings. The molecule has 3 nitrogen and oxygen atoms in total. The Balaban J connectivity index is 1.85. The van der Waals surface area contributed by atoms with E-state index in [1.165, 1.54) is 32.0 Å². The molecule has 0 aromatic carbocycles. The van der Waals surface area contributed by atoms with E-state index in [9.17, 15) is 4.39 Å². The Labute approximate surface area is 101 Å². The summed E-state index contributed by atoms with van der Waals surface area (Å²) in [5.41, 5.74) is 1.01. The zero-order valence-electron chi connectivity index (χ0n) is 10.2. The quantitative estimate of drug-likeness (QED) is 0.789. The predicted octanol–water partition coefficient (Wildman–Crippen LogP) is 2.56. The van der Waals surface area contributed by atoms with Gasteiger partial charge in [-0.1, -0.05) is 13.3 Å².